The highest BCUT2D eigenvalue weighted by Crippen LogP contribution is 2.40. The Hall–Kier alpha value is -1.16. The normalized spacial score (nSPS) is 21.5. The molecular weight excluding hydrogens is 518 g/mol. The van der Waals surface area contributed by atoms with Gasteiger partial charge >= 0.3 is 11.8 Å². The number of benzene rings is 2. The van der Waals surface area contributed by atoms with Gasteiger partial charge in [0.05, 0.1) is 6.54 Å². The van der Waals surface area contributed by atoms with Crippen LogP contribution in [-0.2, 0) is 5.72 Å². The molecule has 0 aliphatic carbocycles. The molecule has 9 heteroatoms. The Morgan fingerprint density at radius 3 is 2.46 bits per heavy atom. The number of anilines is 1. The summed E-state index contributed by atoms with van der Waals surface area (Å²) in [5.41, 5.74) is 0.221. The molecule has 2 aromatic carbocycles. The molecule has 0 radical (unpaired) electrons. The van der Waals surface area contributed by atoms with Gasteiger partial charge in [0.1, 0.15) is 11.4 Å². The highest BCUT2D eigenvalue weighted by molar-refractivity contribution is 9.10. The number of rotatable bonds is 4. The Morgan fingerprint density at radius 2 is 1.82 bits per heavy atom. The molecular formula is C19H18Br2F2N2O2S. The molecule has 0 saturated heterocycles. The molecule has 0 aromatic heterocycles. The molecule has 150 valence electrons. The standard InChI is InChI=1S/C19H18BrF2N2O2S.BrH/c20-14-4-6-15(7-5-14)24-18-23(10-1-11-27-18)12-19(24,25)13-2-8-16(9-3-13)26-17(21)22;/h2-9,17,25H,1,10-12H2;1H/q+1;/p-1. The molecule has 0 spiro atoms. The van der Waals surface area contributed by atoms with Gasteiger partial charge in [-0.2, -0.15) is 13.7 Å². The first-order valence-electron chi connectivity index (χ1n) is 8.55. The molecule has 0 bridgehead atoms. The molecule has 2 aromatic rings. The van der Waals surface area contributed by atoms with E-state index >= 15 is 0 Å². The lowest BCUT2D eigenvalue weighted by molar-refractivity contribution is -0.532. The van der Waals surface area contributed by atoms with Crippen LogP contribution in [0.1, 0.15) is 12.0 Å². The Labute approximate surface area is 185 Å². The molecule has 28 heavy (non-hydrogen) atoms. The SMILES string of the molecule is OC1(c2ccc(OC(F)F)cc2)C[N+]2=C(SCCC2)N1c1ccc(Br)cc1.[Br-]. The van der Waals surface area contributed by atoms with E-state index < -0.39 is 12.3 Å². The molecule has 0 fully saturated rings. The van der Waals surface area contributed by atoms with Crippen LogP contribution in [0.2, 0.25) is 0 Å². The van der Waals surface area contributed by atoms with Crippen LogP contribution in [0.5, 0.6) is 5.75 Å². The lowest BCUT2D eigenvalue weighted by atomic mass is 10.0. The third-order valence-corrected chi connectivity index (χ3v) is 6.39. The summed E-state index contributed by atoms with van der Waals surface area (Å²) in [5.74, 6) is 1.07. The van der Waals surface area contributed by atoms with Gasteiger partial charge in [-0.1, -0.05) is 15.9 Å². The van der Waals surface area contributed by atoms with E-state index in [0.717, 1.165) is 34.0 Å². The minimum Gasteiger partial charge on any atom is -1.00 e. The number of nitrogens with zero attached hydrogens (tertiary/aromatic N) is 2. The number of ether oxygens (including phenoxy) is 1. The fourth-order valence-electron chi connectivity index (χ4n) is 3.49. The van der Waals surface area contributed by atoms with E-state index in [4.69, 9.17) is 0 Å². The van der Waals surface area contributed by atoms with Crippen LogP contribution in [-0.4, -0.2) is 40.3 Å². The van der Waals surface area contributed by atoms with Crippen molar-refractivity contribution in [3.63, 3.8) is 0 Å². The van der Waals surface area contributed by atoms with Crippen molar-refractivity contribution in [2.75, 3.05) is 23.7 Å². The smallest absolute Gasteiger partial charge is 0.387 e. The van der Waals surface area contributed by atoms with Crippen molar-refractivity contribution >= 4 is 38.5 Å². The molecule has 0 saturated carbocycles. The van der Waals surface area contributed by atoms with E-state index in [1.165, 1.54) is 12.1 Å². The number of hydrogen-bond donors (Lipinski definition) is 1. The summed E-state index contributed by atoms with van der Waals surface area (Å²) >= 11 is 5.17. The Bertz CT molecular complexity index is 865. The third-order valence-electron chi connectivity index (χ3n) is 4.67. The lowest BCUT2D eigenvalue weighted by Crippen LogP contribution is -3.00. The highest BCUT2D eigenvalue weighted by Gasteiger charge is 2.55. The Balaban J connectivity index is 0.00000225. The van der Waals surface area contributed by atoms with Gasteiger partial charge in [-0.3, -0.25) is 0 Å². The maximum absolute atomic E-state index is 12.4. The van der Waals surface area contributed by atoms with E-state index in [9.17, 15) is 13.9 Å². The van der Waals surface area contributed by atoms with Crippen LogP contribution in [0.25, 0.3) is 0 Å². The third kappa shape index (κ3) is 4.08. The van der Waals surface area contributed by atoms with Gasteiger partial charge in [-0.15, -0.1) is 0 Å². The van der Waals surface area contributed by atoms with E-state index in [-0.39, 0.29) is 22.7 Å². The second-order valence-corrected chi connectivity index (χ2v) is 8.42. The Morgan fingerprint density at radius 1 is 1.14 bits per heavy atom. The van der Waals surface area contributed by atoms with Gasteiger partial charge in [0, 0.05) is 15.8 Å². The monoisotopic (exact) mass is 534 g/mol. The number of hydrogen-bond acceptors (Lipinski definition) is 4. The molecule has 4 nitrogen and oxygen atoms in total. The first-order chi connectivity index (χ1) is 13.0. The largest absolute Gasteiger partial charge is 1.00 e. The van der Waals surface area contributed by atoms with Crippen molar-refractivity contribution in [1.82, 2.24) is 0 Å². The summed E-state index contributed by atoms with van der Waals surface area (Å²) in [4.78, 5) is 1.94. The topological polar surface area (TPSA) is 35.7 Å². The van der Waals surface area contributed by atoms with Crippen molar-refractivity contribution < 1.29 is 40.2 Å². The Kier molecular flexibility index (Phi) is 6.69. The van der Waals surface area contributed by atoms with E-state index in [2.05, 4.69) is 25.2 Å². The van der Waals surface area contributed by atoms with Gasteiger partial charge < -0.3 is 26.8 Å². The van der Waals surface area contributed by atoms with Crippen LogP contribution >= 0.6 is 27.7 Å². The summed E-state index contributed by atoms with van der Waals surface area (Å²) in [5, 5.41) is 12.7. The van der Waals surface area contributed by atoms with Crippen molar-refractivity contribution in [2.24, 2.45) is 0 Å². The van der Waals surface area contributed by atoms with Gasteiger partial charge in [-0.25, -0.2) is 4.58 Å². The summed E-state index contributed by atoms with van der Waals surface area (Å²) in [6, 6.07) is 14.0. The predicted octanol–water partition coefficient (Wildman–Crippen LogP) is 1.23. The molecule has 0 amide bonds. The molecule has 1 atom stereocenters. The second kappa shape index (κ2) is 8.69. The summed E-state index contributed by atoms with van der Waals surface area (Å²) in [6.45, 7) is -1.57. The van der Waals surface area contributed by atoms with Crippen LogP contribution < -0.4 is 26.6 Å². The molecule has 2 aliphatic heterocycles. The van der Waals surface area contributed by atoms with Crippen molar-refractivity contribution in [3.05, 3.63) is 58.6 Å². The molecule has 4 rings (SSSR count). The zero-order valence-electron chi connectivity index (χ0n) is 14.7. The number of alkyl halides is 2. The summed E-state index contributed by atoms with van der Waals surface area (Å²) < 4.78 is 32.4. The second-order valence-electron chi connectivity index (χ2n) is 6.44. The van der Waals surface area contributed by atoms with Crippen molar-refractivity contribution in [1.29, 1.82) is 0 Å². The quantitative estimate of drug-likeness (QED) is 0.597. The van der Waals surface area contributed by atoms with Crippen molar-refractivity contribution in [3.8, 4) is 5.75 Å². The zero-order valence-corrected chi connectivity index (χ0v) is 18.7. The molecule has 1 unspecified atom stereocenters. The summed E-state index contributed by atoms with van der Waals surface area (Å²) in [6.07, 6.45) is 1.06. The van der Waals surface area contributed by atoms with Gasteiger partial charge in [0.15, 0.2) is 6.54 Å². The minimum atomic E-state index is -2.87. The van der Waals surface area contributed by atoms with Crippen LogP contribution in [0, 0.1) is 0 Å². The van der Waals surface area contributed by atoms with Crippen LogP contribution in [0.15, 0.2) is 53.0 Å². The number of aliphatic hydroxyl groups is 1. The van der Waals surface area contributed by atoms with Crippen molar-refractivity contribution in [2.45, 2.75) is 18.8 Å². The minimum absolute atomic E-state index is 0. The number of thioether (sulfide) groups is 1. The average molecular weight is 536 g/mol. The summed E-state index contributed by atoms with van der Waals surface area (Å²) in [7, 11) is 0. The zero-order chi connectivity index (χ0) is 19.0. The number of halogens is 4. The van der Waals surface area contributed by atoms with Gasteiger partial charge in [-0.05, 0) is 66.7 Å². The molecule has 2 heterocycles. The lowest BCUT2D eigenvalue weighted by Gasteiger charge is -2.28. The first kappa shape index (κ1) is 21.5. The maximum atomic E-state index is 12.4. The van der Waals surface area contributed by atoms with Gasteiger partial charge in [0.2, 0.25) is 0 Å². The molecule has 1 N–H and O–H groups in total. The first-order valence-corrected chi connectivity index (χ1v) is 10.3. The maximum Gasteiger partial charge on any atom is 0.387 e. The fraction of sp³-hybridized carbons (Fsp3) is 0.316. The molecule has 2 aliphatic rings. The highest BCUT2D eigenvalue weighted by atomic mass is 79.9. The van der Waals surface area contributed by atoms with E-state index in [0.29, 0.717) is 12.1 Å². The average Bonchev–Trinajstić information content (AvgIpc) is 2.96. The fourth-order valence-corrected chi connectivity index (χ4v) is 4.94. The number of amidine groups is 1. The van der Waals surface area contributed by atoms with Gasteiger partial charge in [0.25, 0.3) is 5.72 Å². The van der Waals surface area contributed by atoms with Crippen LogP contribution in [0.4, 0.5) is 14.5 Å². The van der Waals surface area contributed by atoms with E-state index in [1.54, 1.807) is 23.9 Å². The van der Waals surface area contributed by atoms with E-state index in [1.807, 2.05) is 29.2 Å². The predicted molar refractivity (Wildman–Crippen MR) is 106 cm³/mol. The van der Waals surface area contributed by atoms with Crippen LogP contribution in [0.3, 0.4) is 0 Å².